The average molecular weight is 199 g/mol. The zero-order chi connectivity index (χ0) is 10.9. The van der Waals surface area contributed by atoms with E-state index >= 15 is 0 Å². The van der Waals surface area contributed by atoms with Gasteiger partial charge in [0.25, 0.3) is 0 Å². The highest BCUT2D eigenvalue weighted by Gasteiger charge is 2.41. The molecule has 0 heterocycles. The van der Waals surface area contributed by atoms with E-state index in [0.29, 0.717) is 12.8 Å². The van der Waals surface area contributed by atoms with Crippen LogP contribution in [0.2, 0.25) is 0 Å². The number of carboxylic acids is 1. The first-order chi connectivity index (χ1) is 6.34. The van der Waals surface area contributed by atoms with Crippen molar-refractivity contribution in [1.82, 2.24) is 0 Å². The second kappa shape index (κ2) is 3.69. The maximum atomic E-state index is 11.2. The van der Waals surface area contributed by atoms with Crippen LogP contribution in [0, 0.1) is 11.3 Å². The SMILES string of the molecule is CC1(C)CCC(=O)CC1C(N)C(=O)O. The molecule has 0 saturated heterocycles. The summed E-state index contributed by atoms with van der Waals surface area (Å²) in [5.41, 5.74) is 5.43. The lowest BCUT2D eigenvalue weighted by atomic mass is 9.65. The van der Waals surface area contributed by atoms with E-state index < -0.39 is 12.0 Å². The molecule has 1 fully saturated rings. The molecule has 1 aliphatic rings. The van der Waals surface area contributed by atoms with E-state index in [9.17, 15) is 9.59 Å². The number of carbonyl (C=O) groups excluding carboxylic acids is 1. The van der Waals surface area contributed by atoms with Crippen molar-refractivity contribution in [2.45, 2.75) is 39.2 Å². The van der Waals surface area contributed by atoms with E-state index in [2.05, 4.69) is 0 Å². The van der Waals surface area contributed by atoms with Crippen molar-refractivity contribution in [1.29, 1.82) is 0 Å². The Morgan fingerprint density at radius 1 is 1.64 bits per heavy atom. The van der Waals surface area contributed by atoms with Crippen molar-refractivity contribution in [3.8, 4) is 0 Å². The number of ketones is 1. The van der Waals surface area contributed by atoms with Crippen LogP contribution in [-0.4, -0.2) is 22.9 Å². The molecular weight excluding hydrogens is 182 g/mol. The third kappa shape index (κ3) is 2.12. The number of hydrogen-bond acceptors (Lipinski definition) is 3. The Balaban J connectivity index is 2.81. The maximum Gasteiger partial charge on any atom is 0.320 e. The Hall–Kier alpha value is -0.900. The van der Waals surface area contributed by atoms with E-state index in [1.54, 1.807) is 0 Å². The molecule has 14 heavy (non-hydrogen) atoms. The van der Waals surface area contributed by atoms with Gasteiger partial charge in [0.2, 0.25) is 0 Å². The maximum absolute atomic E-state index is 11.2. The van der Waals surface area contributed by atoms with Gasteiger partial charge in [-0.3, -0.25) is 9.59 Å². The van der Waals surface area contributed by atoms with Crippen LogP contribution in [0.15, 0.2) is 0 Å². The van der Waals surface area contributed by atoms with Crippen LogP contribution in [0.5, 0.6) is 0 Å². The summed E-state index contributed by atoms with van der Waals surface area (Å²) < 4.78 is 0. The van der Waals surface area contributed by atoms with Gasteiger partial charge in [-0.05, 0) is 17.8 Å². The molecule has 0 spiro atoms. The van der Waals surface area contributed by atoms with Crippen LogP contribution in [0.1, 0.15) is 33.1 Å². The summed E-state index contributed by atoms with van der Waals surface area (Å²) >= 11 is 0. The molecule has 1 saturated carbocycles. The van der Waals surface area contributed by atoms with Crippen molar-refractivity contribution in [2.75, 3.05) is 0 Å². The van der Waals surface area contributed by atoms with Gasteiger partial charge in [-0.15, -0.1) is 0 Å². The predicted octanol–water partition coefficient (Wildman–Crippen LogP) is 0.794. The summed E-state index contributed by atoms with van der Waals surface area (Å²) in [4.78, 5) is 22.0. The van der Waals surface area contributed by atoms with Crippen LogP contribution in [-0.2, 0) is 9.59 Å². The van der Waals surface area contributed by atoms with Gasteiger partial charge in [-0.25, -0.2) is 0 Å². The third-order valence-electron chi connectivity index (χ3n) is 3.22. The summed E-state index contributed by atoms with van der Waals surface area (Å²) in [5.74, 6) is -1.12. The summed E-state index contributed by atoms with van der Waals surface area (Å²) in [6, 6.07) is -0.922. The van der Waals surface area contributed by atoms with Crippen LogP contribution < -0.4 is 5.73 Å². The van der Waals surface area contributed by atoms with Gasteiger partial charge in [-0.2, -0.15) is 0 Å². The minimum absolute atomic E-state index is 0.131. The molecule has 0 amide bonds. The summed E-state index contributed by atoms with van der Waals surface area (Å²) in [6.45, 7) is 3.96. The quantitative estimate of drug-likeness (QED) is 0.689. The minimum Gasteiger partial charge on any atom is -0.480 e. The first-order valence-corrected chi connectivity index (χ1v) is 4.84. The molecular formula is C10H17NO3. The van der Waals surface area contributed by atoms with E-state index in [0.717, 1.165) is 6.42 Å². The van der Waals surface area contributed by atoms with Gasteiger partial charge in [0.15, 0.2) is 0 Å². The average Bonchev–Trinajstić information content (AvgIpc) is 2.08. The lowest BCUT2D eigenvalue weighted by Gasteiger charge is -2.39. The fraction of sp³-hybridized carbons (Fsp3) is 0.800. The predicted molar refractivity (Wildman–Crippen MR) is 51.7 cm³/mol. The van der Waals surface area contributed by atoms with Crippen molar-refractivity contribution >= 4 is 11.8 Å². The highest BCUT2D eigenvalue weighted by atomic mass is 16.4. The van der Waals surface area contributed by atoms with Crippen LogP contribution in [0.3, 0.4) is 0 Å². The second-order valence-electron chi connectivity index (χ2n) is 4.70. The summed E-state index contributed by atoms with van der Waals surface area (Å²) in [6.07, 6.45) is 1.59. The van der Waals surface area contributed by atoms with Gasteiger partial charge in [-0.1, -0.05) is 13.8 Å². The Morgan fingerprint density at radius 3 is 2.71 bits per heavy atom. The number of hydrogen-bond donors (Lipinski definition) is 2. The highest BCUT2D eigenvalue weighted by molar-refractivity contribution is 5.81. The number of aliphatic carboxylic acids is 1. The standard InChI is InChI=1S/C10H17NO3/c1-10(2)4-3-6(12)5-7(10)8(11)9(13)14/h7-8H,3-5,11H2,1-2H3,(H,13,14). The van der Waals surface area contributed by atoms with Gasteiger partial charge < -0.3 is 10.8 Å². The molecule has 1 rings (SSSR count). The van der Waals surface area contributed by atoms with Crippen LogP contribution in [0.25, 0.3) is 0 Å². The first-order valence-electron chi connectivity index (χ1n) is 4.84. The zero-order valence-corrected chi connectivity index (χ0v) is 8.62. The summed E-state index contributed by atoms with van der Waals surface area (Å²) in [5, 5.41) is 8.82. The Labute approximate surface area is 83.5 Å². The van der Waals surface area contributed by atoms with E-state index in [1.807, 2.05) is 13.8 Å². The highest BCUT2D eigenvalue weighted by Crippen LogP contribution is 2.40. The molecule has 80 valence electrons. The minimum atomic E-state index is -1.02. The van der Waals surface area contributed by atoms with E-state index in [1.165, 1.54) is 0 Å². The fourth-order valence-electron chi connectivity index (χ4n) is 2.06. The molecule has 2 atom stereocenters. The Bertz CT molecular complexity index is 258. The first kappa shape index (κ1) is 11.2. The molecule has 0 bridgehead atoms. The molecule has 4 nitrogen and oxygen atoms in total. The molecule has 1 aliphatic carbocycles. The molecule has 2 unspecified atom stereocenters. The van der Waals surface area contributed by atoms with Crippen molar-refractivity contribution in [2.24, 2.45) is 17.1 Å². The van der Waals surface area contributed by atoms with E-state index in [-0.39, 0.29) is 17.1 Å². The van der Waals surface area contributed by atoms with Crippen molar-refractivity contribution < 1.29 is 14.7 Å². The fourth-order valence-corrected chi connectivity index (χ4v) is 2.06. The Kier molecular flexibility index (Phi) is 2.95. The van der Waals surface area contributed by atoms with E-state index in [4.69, 9.17) is 10.8 Å². The van der Waals surface area contributed by atoms with Crippen molar-refractivity contribution in [3.63, 3.8) is 0 Å². The molecule has 0 aromatic carbocycles. The van der Waals surface area contributed by atoms with Gasteiger partial charge in [0.1, 0.15) is 11.8 Å². The third-order valence-corrected chi connectivity index (χ3v) is 3.22. The molecule has 0 radical (unpaired) electrons. The topological polar surface area (TPSA) is 80.4 Å². The lowest BCUT2D eigenvalue weighted by Crippen LogP contribution is -2.48. The van der Waals surface area contributed by atoms with Gasteiger partial charge >= 0.3 is 5.97 Å². The number of rotatable bonds is 2. The molecule has 0 aliphatic heterocycles. The smallest absolute Gasteiger partial charge is 0.320 e. The largest absolute Gasteiger partial charge is 0.480 e. The Morgan fingerprint density at radius 2 is 2.21 bits per heavy atom. The van der Waals surface area contributed by atoms with Gasteiger partial charge in [0.05, 0.1) is 0 Å². The van der Waals surface area contributed by atoms with Gasteiger partial charge in [0, 0.05) is 12.8 Å². The van der Waals surface area contributed by atoms with Crippen molar-refractivity contribution in [3.05, 3.63) is 0 Å². The number of carboxylic acid groups (broad SMARTS) is 1. The molecule has 0 aromatic rings. The number of nitrogens with two attached hydrogens (primary N) is 1. The molecule has 0 aromatic heterocycles. The molecule has 3 N–H and O–H groups in total. The second-order valence-corrected chi connectivity index (χ2v) is 4.70. The lowest BCUT2D eigenvalue weighted by molar-refractivity contribution is -0.142. The normalized spacial score (nSPS) is 28.5. The summed E-state index contributed by atoms with van der Waals surface area (Å²) in [7, 11) is 0. The molecule has 4 heteroatoms. The van der Waals surface area contributed by atoms with Crippen LogP contribution in [0.4, 0.5) is 0 Å². The van der Waals surface area contributed by atoms with Crippen LogP contribution >= 0.6 is 0 Å². The monoisotopic (exact) mass is 199 g/mol. The zero-order valence-electron chi connectivity index (χ0n) is 8.62. The number of Topliss-reactive ketones (excluding diaryl/α,β-unsaturated/α-hetero) is 1. The number of carbonyl (C=O) groups is 2.